The first-order valence-corrected chi connectivity index (χ1v) is 13.7. The molecule has 0 saturated heterocycles. The van der Waals surface area contributed by atoms with Gasteiger partial charge in [-0.25, -0.2) is 13.4 Å². The third-order valence-corrected chi connectivity index (χ3v) is 10.5. The fraction of sp³-hybridized carbons (Fsp3) is 0.429. The average Bonchev–Trinajstić information content (AvgIpc) is 2.89. The number of nitrogens with two attached hydrogens (primary N) is 1. The Hall–Kier alpha value is -3.13. The molecule has 0 unspecified atom stereocenters. The van der Waals surface area contributed by atoms with E-state index in [2.05, 4.69) is 11.9 Å². The lowest BCUT2D eigenvalue weighted by Crippen LogP contribution is -2.47. The van der Waals surface area contributed by atoms with E-state index in [-0.39, 0.29) is 11.9 Å². The molecule has 4 rings (SSSR count). The van der Waals surface area contributed by atoms with Crippen LogP contribution in [0.2, 0.25) is 0 Å². The van der Waals surface area contributed by atoms with Gasteiger partial charge < -0.3 is 15.2 Å². The third kappa shape index (κ3) is 4.66. The van der Waals surface area contributed by atoms with Gasteiger partial charge in [-0.1, -0.05) is 25.1 Å². The summed E-state index contributed by atoms with van der Waals surface area (Å²) in [6.07, 6.45) is 7.88. The minimum atomic E-state index is -3.52. The summed E-state index contributed by atoms with van der Waals surface area (Å²) in [5.41, 5.74) is 8.35. The summed E-state index contributed by atoms with van der Waals surface area (Å²) in [6, 6.07) is 9.10. The zero-order valence-electron chi connectivity index (χ0n) is 21.4. The van der Waals surface area contributed by atoms with Gasteiger partial charge >= 0.3 is 0 Å². The molecule has 0 spiro atoms. The Morgan fingerprint density at radius 3 is 2.64 bits per heavy atom. The maximum absolute atomic E-state index is 13.5. The van der Waals surface area contributed by atoms with E-state index in [0.29, 0.717) is 42.2 Å². The normalized spacial score (nSPS) is 28.3. The number of ether oxygens (including phenoxy) is 2. The van der Waals surface area contributed by atoms with Gasteiger partial charge in [-0.15, -0.1) is 0 Å². The zero-order chi connectivity index (χ0) is 26.3. The molecule has 2 aliphatic heterocycles. The van der Waals surface area contributed by atoms with E-state index in [9.17, 15) is 13.2 Å². The molecule has 192 valence electrons. The molecule has 2 aromatic rings. The zero-order valence-corrected chi connectivity index (χ0v) is 22.3. The lowest BCUT2D eigenvalue weighted by atomic mass is 9.75. The van der Waals surface area contributed by atoms with Gasteiger partial charge in [0.1, 0.15) is 21.9 Å². The first-order valence-electron chi connectivity index (χ1n) is 12.1. The number of allylic oxidation sites excluding steroid dienone is 2. The topological polar surface area (TPSA) is 109 Å². The van der Waals surface area contributed by atoms with Crippen molar-refractivity contribution in [3.05, 3.63) is 71.2 Å². The lowest BCUT2D eigenvalue weighted by molar-refractivity contribution is 0.104. The molecule has 36 heavy (non-hydrogen) atoms. The molecule has 0 aliphatic carbocycles. The number of aromatic nitrogens is 1. The molecule has 1 aromatic carbocycles. The van der Waals surface area contributed by atoms with Crippen molar-refractivity contribution in [3.63, 3.8) is 0 Å². The largest absolute Gasteiger partial charge is 0.495 e. The number of methoxy groups -OCH3 is 1. The minimum absolute atomic E-state index is 0.220. The molecule has 3 heterocycles. The van der Waals surface area contributed by atoms with Gasteiger partial charge in [0.2, 0.25) is 5.78 Å². The van der Waals surface area contributed by atoms with Crippen LogP contribution >= 0.6 is 0 Å². The highest BCUT2D eigenvalue weighted by Gasteiger charge is 2.47. The standard InChI is InChI=1S/C28H34N2O5S/c1-18-14-21-12-13-28(4,16-26(29)27(2,3)36(21,32)33)22-15-19(7-11-25(22)35-18)6-10-24(31)23-9-8-20(34-5)17-30-23/h6-11,15-18,21H,12-14,29H2,1-5H3/b10-6+,26-16+/t18-,21-,28+/m0/s1. The highest BCUT2D eigenvalue weighted by molar-refractivity contribution is 7.93. The highest BCUT2D eigenvalue weighted by atomic mass is 32.2. The van der Waals surface area contributed by atoms with Crippen molar-refractivity contribution in [2.45, 2.75) is 68.5 Å². The number of hydrogen-bond donors (Lipinski definition) is 1. The SMILES string of the molecule is COc1ccc(C(=O)/C=C/c2ccc3c(c2)[C@@]2(C)/C=C(/N)C(C)(C)S(=O)(=O)[C@@H](CC2)C[C@H](C)O3)nc1. The fourth-order valence-corrected chi connectivity index (χ4v) is 7.16. The third-order valence-electron chi connectivity index (χ3n) is 7.50. The van der Waals surface area contributed by atoms with Crippen molar-refractivity contribution in [2.24, 2.45) is 5.73 Å². The molecule has 0 amide bonds. The van der Waals surface area contributed by atoms with Gasteiger partial charge in [0.05, 0.1) is 24.7 Å². The van der Waals surface area contributed by atoms with Crippen molar-refractivity contribution in [1.29, 1.82) is 0 Å². The Kier molecular flexibility index (Phi) is 6.77. The predicted octanol–water partition coefficient (Wildman–Crippen LogP) is 4.61. The van der Waals surface area contributed by atoms with Crippen LogP contribution < -0.4 is 15.2 Å². The Morgan fingerprint density at radius 1 is 1.22 bits per heavy atom. The first-order chi connectivity index (χ1) is 16.9. The average molecular weight is 511 g/mol. The van der Waals surface area contributed by atoms with Crippen LogP contribution in [0.3, 0.4) is 0 Å². The van der Waals surface area contributed by atoms with Crippen LogP contribution in [0.4, 0.5) is 0 Å². The maximum Gasteiger partial charge on any atom is 0.204 e. The van der Waals surface area contributed by atoms with Crippen LogP contribution in [0, 0.1) is 0 Å². The van der Waals surface area contributed by atoms with E-state index in [1.165, 1.54) is 12.3 Å². The Balaban J connectivity index is 1.76. The number of rotatable bonds is 4. The van der Waals surface area contributed by atoms with Crippen molar-refractivity contribution in [2.75, 3.05) is 7.11 Å². The van der Waals surface area contributed by atoms with Gasteiger partial charge in [-0.05, 0) is 69.5 Å². The van der Waals surface area contributed by atoms with E-state index in [1.807, 2.05) is 31.2 Å². The molecule has 2 N–H and O–H groups in total. The Labute approximate surface area is 213 Å². The Bertz CT molecular complexity index is 1330. The fourth-order valence-electron chi connectivity index (χ4n) is 4.98. The summed E-state index contributed by atoms with van der Waals surface area (Å²) in [6.45, 7) is 7.36. The van der Waals surface area contributed by atoms with E-state index >= 15 is 0 Å². The number of ketones is 1. The summed E-state index contributed by atoms with van der Waals surface area (Å²) in [5, 5.41) is -0.544. The van der Waals surface area contributed by atoms with Gasteiger partial charge in [-0.3, -0.25) is 4.79 Å². The van der Waals surface area contributed by atoms with E-state index in [1.54, 1.807) is 39.2 Å². The van der Waals surface area contributed by atoms with Crippen molar-refractivity contribution < 1.29 is 22.7 Å². The molecule has 0 saturated carbocycles. The number of hydrogen-bond acceptors (Lipinski definition) is 7. The highest BCUT2D eigenvalue weighted by Crippen LogP contribution is 2.45. The van der Waals surface area contributed by atoms with Crippen LogP contribution in [0.15, 0.2) is 54.4 Å². The molecule has 2 bridgehead atoms. The number of fused-ring (bicyclic) bond motifs is 5. The molecule has 7 nitrogen and oxygen atoms in total. The molecular formula is C28H34N2O5S. The molecule has 3 atom stereocenters. The summed E-state index contributed by atoms with van der Waals surface area (Å²) in [5.74, 6) is 1.06. The van der Waals surface area contributed by atoms with Crippen molar-refractivity contribution in [3.8, 4) is 11.5 Å². The van der Waals surface area contributed by atoms with E-state index in [4.69, 9.17) is 15.2 Å². The smallest absolute Gasteiger partial charge is 0.204 e. The monoisotopic (exact) mass is 510 g/mol. The van der Waals surface area contributed by atoms with Crippen LogP contribution in [-0.4, -0.2) is 42.4 Å². The summed E-state index contributed by atoms with van der Waals surface area (Å²) < 4.78 is 37.2. The number of benzene rings is 1. The second kappa shape index (κ2) is 9.39. The summed E-state index contributed by atoms with van der Waals surface area (Å²) in [4.78, 5) is 16.8. The second-order valence-corrected chi connectivity index (χ2v) is 13.2. The first kappa shape index (κ1) is 25.9. The van der Waals surface area contributed by atoms with Crippen LogP contribution in [-0.2, 0) is 15.3 Å². The predicted molar refractivity (Wildman–Crippen MR) is 141 cm³/mol. The molecular weight excluding hydrogens is 476 g/mol. The van der Waals surface area contributed by atoms with Crippen LogP contribution in [0.25, 0.3) is 6.08 Å². The van der Waals surface area contributed by atoms with Crippen LogP contribution in [0.5, 0.6) is 11.5 Å². The molecule has 0 fully saturated rings. The van der Waals surface area contributed by atoms with Gasteiger partial charge in [-0.2, -0.15) is 0 Å². The quantitative estimate of drug-likeness (QED) is 0.472. The number of pyridine rings is 1. The van der Waals surface area contributed by atoms with E-state index < -0.39 is 25.2 Å². The van der Waals surface area contributed by atoms with Gasteiger partial charge in [0.25, 0.3) is 0 Å². The van der Waals surface area contributed by atoms with Crippen molar-refractivity contribution >= 4 is 21.7 Å². The van der Waals surface area contributed by atoms with Gasteiger partial charge in [0, 0.05) is 23.1 Å². The number of sulfone groups is 1. The molecule has 2 aliphatic rings. The number of carbonyl (C=O) groups excluding carboxylic acids is 1. The minimum Gasteiger partial charge on any atom is -0.495 e. The van der Waals surface area contributed by atoms with Gasteiger partial charge in [0.15, 0.2) is 9.84 Å². The molecule has 0 radical (unpaired) electrons. The number of nitrogens with zero attached hydrogens (tertiary/aromatic N) is 1. The molecule has 1 aromatic heterocycles. The van der Waals surface area contributed by atoms with E-state index in [0.717, 1.165) is 11.1 Å². The Morgan fingerprint density at radius 2 is 1.97 bits per heavy atom. The van der Waals surface area contributed by atoms with Crippen molar-refractivity contribution in [1.82, 2.24) is 4.98 Å². The summed E-state index contributed by atoms with van der Waals surface area (Å²) in [7, 11) is -1.97. The number of carbonyl (C=O) groups is 1. The van der Waals surface area contributed by atoms with Crippen LogP contribution in [0.1, 0.15) is 68.6 Å². The maximum atomic E-state index is 13.5. The molecule has 8 heteroatoms. The summed E-state index contributed by atoms with van der Waals surface area (Å²) >= 11 is 0. The lowest BCUT2D eigenvalue weighted by Gasteiger charge is -2.37. The second-order valence-electron chi connectivity index (χ2n) is 10.4.